The molecule has 0 radical (unpaired) electrons. The predicted octanol–water partition coefficient (Wildman–Crippen LogP) is 4.51. The fraction of sp³-hybridized carbons (Fsp3) is 0.474. The van der Waals surface area contributed by atoms with E-state index < -0.39 is 40.0 Å². The number of amides is 1. The molecule has 0 N–H and O–H groups in total. The second-order valence-corrected chi connectivity index (χ2v) is 7.76. The molecule has 1 atom stereocenters. The molecule has 10 heteroatoms. The monoisotopic (exact) mass is 410 g/mol. The number of halogens is 2. The van der Waals surface area contributed by atoms with Gasteiger partial charge in [-0.2, -0.15) is 4.39 Å². The number of ether oxygens (including phenoxy) is 1. The van der Waals surface area contributed by atoms with Gasteiger partial charge in [0.2, 0.25) is 5.82 Å². The number of hydrogen-bond acceptors (Lipinski definition) is 5. The minimum absolute atomic E-state index is 0.0213. The molecule has 0 spiro atoms. The van der Waals surface area contributed by atoms with Crippen LogP contribution >= 0.6 is 0 Å². The molecule has 0 saturated heterocycles. The van der Waals surface area contributed by atoms with Gasteiger partial charge < -0.3 is 14.2 Å². The van der Waals surface area contributed by atoms with Crippen LogP contribution in [0.3, 0.4) is 0 Å². The van der Waals surface area contributed by atoms with E-state index in [9.17, 15) is 23.7 Å². The van der Waals surface area contributed by atoms with Crippen molar-refractivity contribution in [3.8, 4) is 11.3 Å². The van der Waals surface area contributed by atoms with Gasteiger partial charge in [-0.05, 0) is 40.7 Å². The maximum atomic E-state index is 14.8. The number of benzene rings is 1. The van der Waals surface area contributed by atoms with Gasteiger partial charge in [0, 0.05) is 19.7 Å². The Kier molecular flexibility index (Phi) is 5.96. The highest BCUT2D eigenvalue weighted by molar-refractivity contribution is 5.71. The van der Waals surface area contributed by atoms with E-state index in [0.29, 0.717) is 17.6 Å². The number of nitro benzene ring substituents is 1. The summed E-state index contributed by atoms with van der Waals surface area (Å²) in [6.07, 6.45) is -0.611. The standard InChI is InChI=1S/C19H24F2N4O4/c1-10(23(6)18(26)29-19(3,4)5)17-16(22-11(2)24(17)7)13-8-12(20)9-14(15(13)21)25(27)28/h8-10H,1-7H3. The number of hydrogen-bond donors (Lipinski definition) is 0. The van der Waals surface area contributed by atoms with E-state index in [1.807, 2.05) is 0 Å². The van der Waals surface area contributed by atoms with Gasteiger partial charge in [-0.3, -0.25) is 10.1 Å². The number of imidazole rings is 1. The summed E-state index contributed by atoms with van der Waals surface area (Å²) in [5.41, 5.74) is -1.64. The van der Waals surface area contributed by atoms with E-state index in [1.165, 1.54) is 11.9 Å². The Morgan fingerprint density at radius 1 is 1.34 bits per heavy atom. The zero-order valence-corrected chi connectivity index (χ0v) is 17.4. The van der Waals surface area contributed by atoms with Crippen molar-refractivity contribution in [3.05, 3.63) is 45.4 Å². The molecule has 0 aliphatic rings. The third kappa shape index (κ3) is 4.52. The van der Waals surface area contributed by atoms with Crippen molar-refractivity contribution in [2.75, 3.05) is 7.05 Å². The lowest BCUT2D eigenvalue weighted by Crippen LogP contribution is -2.36. The summed E-state index contributed by atoms with van der Waals surface area (Å²) in [5, 5.41) is 11.1. The first-order chi connectivity index (χ1) is 13.2. The zero-order chi connectivity index (χ0) is 22.3. The van der Waals surface area contributed by atoms with Gasteiger partial charge in [0.05, 0.1) is 28.4 Å². The number of carbonyl (C=O) groups excluding carboxylic acids is 1. The molecule has 158 valence electrons. The Morgan fingerprint density at radius 3 is 2.45 bits per heavy atom. The maximum absolute atomic E-state index is 14.8. The SMILES string of the molecule is Cc1nc(-c2cc(F)cc([N+](=O)[O-])c2F)c(C(C)N(C)C(=O)OC(C)(C)C)n1C. The van der Waals surface area contributed by atoms with E-state index in [0.717, 1.165) is 6.07 Å². The van der Waals surface area contributed by atoms with Gasteiger partial charge in [0.1, 0.15) is 17.2 Å². The summed E-state index contributed by atoms with van der Waals surface area (Å²) in [7, 11) is 3.17. The smallest absolute Gasteiger partial charge is 0.410 e. The third-order valence-corrected chi connectivity index (χ3v) is 4.49. The van der Waals surface area contributed by atoms with Gasteiger partial charge in [0.25, 0.3) is 0 Å². The Morgan fingerprint density at radius 2 is 1.93 bits per heavy atom. The molecule has 1 aromatic carbocycles. The van der Waals surface area contributed by atoms with E-state index in [4.69, 9.17) is 4.74 Å². The third-order valence-electron chi connectivity index (χ3n) is 4.49. The van der Waals surface area contributed by atoms with Crippen LogP contribution in [0, 0.1) is 28.7 Å². The summed E-state index contributed by atoms with van der Waals surface area (Å²) < 4.78 is 35.8. The average molecular weight is 410 g/mol. The number of nitrogens with zero attached hydrogens (tertiary/aromatic N) is 4. The summed E-state index contributed by atoms with van der Waals surface area (Å²) in [6.45, 7) is 8.51. The molecule has 0 fully saturated rings. The predicted molar refractivity (Wildman–Crippen MR) is 102 cm³/mol. The first-order valence-electron chi connectivity index (χ1n) is 8.87. The van der Waals surface area contributed by atoms with Crippen LogP contribution < -0.4 is 0 Å². The normalized spacial score (nSPS) is 12.6. The minimum Gasteiger partial charge on any atom is -0.444 e. The first kappa shape index (κ1) is 22.3. The lowest BCUT2D eigenvalue weighted by molar-refractivity contribution is -0.387. The van der Waals surface area contributed by atoms with Crippen LogP contribution in [-0.4, -0.2) is 38.1 Å². The zero-order valence-electron chi connectivity index (χ0n) is 17.4. The molecule has 8 nitrogen and oxygen atoms in total. The quantitative estimate of drug-likeness (QED) is 0.546. The molecule has 0 saturated carbocycles. The lowest BCUT2D eigenvalue weighted by Gasteiger charge is -2.29. The van der Waals surface area contributed by atoms with Crippen LogP contribution in [0.15, 0.2) is 12.1 Å². The Hall–Kier alpha value is -3.04. The number of nitro groups is 1. The highest BCUT2D eigenvalue weighted by atomic mass is 19.1. The molecule has 1 amide bonds. The first-order valence-corrected chi connectivity index (χ1v) is 8.87. The second-order valence-electron chi connectivity index (χ2n) is 7.76. The van der Waals surface area contributed by atoms with Crippen LogP contribution in [0.25, 0.3) is 11.3 Å². The van der Waals surface area contributed by atoms with Crippen LogP contribution in [-0.2, 0) is 11.8 Å². The molecule has 0 aliphatic carbocycles. The summed E-state index contributed by atoms with van der Waals surface area (Å²) in [4.78, 5) is 28.1. The van der Waals surface area contributed by atoms with Crippen molar-refractivity contribution >= 4 is 11.8 Å². The van der Waals surface area contributed by atoms with Gasteiger partial charge in [-0.1, -0.05) is 0 Å². The minimum atomic E-state index is -1.19. The molecule has 0 bridgehead atoms. The Balaban J connectivity index is 2.61. The number of rotatable bonds is 4. The lowest BCUT2D eigenvalue weighted by atomic mass is 10.0. The van der Waals surface area contributed by atoms with Crippen molar-refractivity contribution in [2.45, 2.75) is 46.3 Å². The van der Waals surface area contributed by atoms with Crippen LogP contribution in [0.2, 0.25) is 0 Å². The van der Waals surface area contributed by atoms with Crippen LogP contribution in [0.1, 0.15) is 45.3 Å². The molecule has 29 heavy (non-hydrogen) atoms. The number of carbonyl (C=O) groups is 1. The topological polar surface area (TPSA) is 90.5 Å². The second kappa shape index (κ2) is 7.76. The average Bonchev–Trinajstić information content (AvgIpc) is 2.88. The van der Waals surface area contributed by atoms with E-state index in [1.54, 1.807) is 46.2 Å². The Labute approximate surface area is 167 Å². The molecule has 1 unspecified atom stereocenters. The van der Waals surface area contributed by atoms with E-state index >= 15 is 0 Å². The van der Waals surface area contributed by atoms with Gasteiger partial charge in [-0.25, -0.2) is 14.2 Å². The summed E-state index contributed by atoms with van der Waals surface area (Å²) in [5.74, 6) is -1.69. The van der Waals surface area contributed by atoms with Crippen LogP contribution in [0.5, 0.6) is 0 Å². The number of aromatic nitrogens is 2. The fourth-order valence-corrected chi connectivity index (χ4v) is 2.86. The fourth-order valence-electron chi connectivity index (χ4n) is 2.86. The summed E-state index contributed by atoms with van der Waals surface area (Å²) in [6, 6.07) is 0.728. The van der Waals surface area contributed by atoms with Crippen molar-refractivity contribution < 1.29 is 23.2 Å². The van der Waals surface area contributed by atoms with Crippen molar-refractivity contribution in [1.29, 1.82) is 0 Å². The molecule has 2 rings (SSSR count). The van der Waals surface area contributed by atoms with Crippen molar-refractivity contribution in [3.63, 3.8) is 0 Å². The maximum Gasteiger partial charge on any atom is 0.410 e. The molecular weight excluding hydrogens is 386 g/mol. The molecule has 0 aliphatic heterocycles. The molecule has 1 heterocycles. The molecule has 1 aromatic heterocycles. The van der Waals surface area contributed by atoms with Gasteiger partial charge in [-0.15, -0.1) is 0 Å². The van der Waals surface area contributed by atoms with Gasteiger partial charge >= 0.3 is 11.8 Å². The van der Waals surface area contributed by atoms with Crippen molar-refractivity contribution in [1.82, 2.24) is 14.5 Å². The molecule has 2 aromatic rings. The highest BCUT2D eigenvalue weighted by Gasteiger charge is 2.31. The number of aryl methyl sites for hydroxylation is 1. The highest BCUT2D eigenvalue weighted by Crippen LogP contribution is 2.36. The van der Waals surface area contributed by atoms with E-state index in [2.05, 4.69) is 4.98 Å². The van der Waals surface area contributed by atoms with Crippen molar-refractivity contribution in [2.24, 2.45) is 7.05 Å². The van der Waals surface area contributed by atoms with Crippen LogP contribution in [0.4, 0.5) is 19.3 Å². The summed E-state index contributed by atoms with van der Waals surface area (Å²) >= 11 is 0. The Bertz CT molecular complexity index is 966. The molecular formula is C19H24F2N4O4. The van der Waals surface area contributed by atoms with E-state index in [-0.39, 0.29) is 11.3 Å². The largest absolute Gasteiger partial charge is 0.444 e. The van der Waals surface area contributed by atoms with Gasteiger partial charge in [0.15, 0.2) is 0 Å².